The van der Waals surface area contributed by atoms with Gasteiger partial charge < -0.3 is 14.4 Å². The molecule has 2 rings (SSSR count). The fraction of sp³-hybridized carbons (Fsp3) is 0.769. The molecule has 2 saturated heterocycles. The second-order valence-corrected chi connectivity index (χ2v) is 4.96. The smallest absolute Gasteiger partial charge is 0.409 e. The largest absolute Gasteiger partial charge is 0.450 e. The van der Waals surface area contributed by atoms with Crippen molar-refractivity contribution in [1.82, 2.24) is 4.90 Å². The molecule has 2 aliphatic heterocycles. The molecular weight excluding hydrogens is 218 g/mol. The number of likely N-dealkylation sites (tertiary alicyclic amines) is 1. The lowest BCUT2D eigenvalue weighted by atomic mass is 9.87. The average Bonchev–Trinajstić information content (AvgIpc) is 2.55. The molecule has 96 valence electrons. The number of carbonyl (C=O) groups is 1. The van der Waals surface area contributed by atoms with Crippen LogP contribution in [0.15, 0.2) is 12.2 Å². The van der Waals surface area contributed by atoms with Crippen LogP contribution in [0.25, 0.3) is 0 Å². The summed E-state index contributed by atoms with van der Waals surface area (Å²) in [7, 11) is 0. The zero-order chi connectivity index (χ0) is 12.5. The number of piperidine rings is 1. The molecule has 4 heteroatoms. The van der Waals surface area contributed by atoms with Gasteiger partial charge in [-0.2, -0.15) is 0 Å². The Morgan fingerprint density at radius 1 is 1.59 bits per heavy atom. The van der Waals surface area contributed by atoms with Gasteiger partial charge in [0.25, 0.3) is 0 Å². The fourth-order valence-corrected chi connectivity index (χ4v) is 2.66. The van der Waals surface area contributed by atoms with Gasteiger partial charge in [-0.05, 0) is 38.7 Å². The SMILES string of the molecule is C=C1CC2(CCN(C(=O)OCC)CC2)OC1C. The van der Waals surface area contributed by atoms with Gasteiger partial charge in [0.2, 0.25) is 0 Å². The summed E-state index contributed by atoms with van der Waals surface area (Å²) < 4.78 is 11.0. The number of ether oxygens (including phenoxy) is 2. The molecule has 0 N–H and O–H groups in total. The van der Waals surface area contributed by atoms with Gasteiger partial charge in [0.05, 0.1) is 18.3 Å². The summed E-state index contributed by atoms with van der Waals surface area (Å²) in [6.07, 6.45) is 2.66. The van der Waals surface area contributed by atoms with Crippen LogP contribution >= 0.6 is 0 Å². The minimum Gasteiger partial charge on any atom is -0.450 e. The van der Waals surface area contributed by atoms with Crippen LogP contribution in [0.1, 0.15) is 33.1 Å². The number of rotatable bonds is 1. The Morgan fingerprint density at radius 2 is 2.24 bits per heavy atom. The van der Waals surface area contributed by atoms with Crippen LogP contribution in [-0.4, -0.2) is 42.4 Å². The second-order valence-electron chi connectivity index (χ2n) is 4.96. The molecule has 1 unspecified atom stereocenters. The van der Waals surface area contributed by atoms with Crippen molar-refractivity contribution in [1.29, 1.82) is 0 Å². The molecule has 1 spiro atoms. The van der Waals surface area contributed by atoms with E-state index in [4.69, 9.17) is 9.47 Å². The third kappa shape index (κ3) is 2.46. The molecule has 0 aromatic rings. The standard InChI is InChI=1S/C13H21NO3/c1-4-16-12(15)14-7-5-13(6-8-14)9-10(2)11(3)17-13/h11H,2,4-9H2,1,3H3. The van der Waals surface area contributed by atoms with E-state index in [9.17, 15) is 4.79 Å². The predicted molar refractivity (Wildman–Crippen MR) is 64.9 cm³/mol. The minimum atomic E-state index is -0.202. The molecule has 0 aromatic carbocycles. The zero-order valence-electron chi connectivity index (χ0n) is 10.7. The summed E-state index contributed by atoms with van der Waals surface area (Å²) in [4.78, 5) is 13.3. The van der Waals surface area contributed by atoms with Crippen LogP contribution in [0.5, 0.6) is 0 Å². The molecule has 1 amide bonds. The Labute approximate surface area is 103 Å². The van der Waals surface area contributed by atoms with Crippen LogP contribution in [0, 0.1) is 0 Å². The first-order chi connectivity index (χ1) is 8.06. The summed E-state index contributed by atoms with van der Waals surface area (Å²) >= 11 is 0. The van der Waals surface area contributed by atoms with Gasteiger partial charge in [-0.1, -0.05) is 6.58 Å². The van der Waals surface area contributed by atoms with E-state index in [0.717, 1.165) is 32.4 Å². The van der Waals surface area contributed by atoms with Crippen molar-refractivity contribution in [3.63, 3.8) is 0 Å². The van der Waals surface area contributed by atoms with Crippen LogP contribution in [-0.2, 0) is 9.47 Å². The Hall–Kier alpha value is -1.03. The Bertz CT molecular complexity index is 319. The highest BCUT2D eigenvalue weighted by Crippen LogP contribution is 2.40. The number of hydrogen-bond donors (Lipinski definition) is 0. The molecule has 0 aliphatic carbocycles. The second kappa shape index (κ2) is 4.69. The molecule has 0 radical (unpaired) electrons. The van der Waals surface area contributed by atoms with Crippen molar-refractivity contribution >= 4 is 6.09 Å². The normalized spacial score (nSPS) is 27.5. The Morgan fingerprint density at radius 3 is 2.71 bits per heavy atom. The molecule has 4 nitrogen and oxygen atoms in total. The summed E-state index contributed by atoms with van der Waals surface area (Å²) in [5, 5.41) is 0. The fourth-order valence-electron chi connectivity index (χ4n) is 2.66. The first-order valence-corrected chi connectivity index (χ1v) is 6.33. The molecule has 0 saturated carbocycles. The zero-order valence-corrected chi connectivity index (χ0v) is 10.7. The average molecular weight is 239 g/mol. The highest BCUT2D eigenvalue weighted by molar-refractivity contribution is 5.67. The number of amides is 1. The van der Waals surface area contributed by atoms with Crippen molar-refractivity contribution in [3.05, 3.63) is 12.2 Å². The minimum absolute atomic E-state index is 0.0699. The van der Waals surface area contributed by atoms with E-state index in [-0.39, 0.29) is 17.8 Å². The highest BCUT2D eigenvalue weighted by Gasteiger charge is 2.43. The van der Waals surface area contributed by atoms with Crippen LogP contribution in [0.3, 0.4) is 0 Å². The van der Waals surface area contributed by atoms with E-state index < -0.39 is 0 Å². The van der Waals surface area contributed by atoms with Crippen molar-refractivity contribution < 1.29 is 14.3 Å². The summed E-state index contributed by atoms with van der Waals surface area (Å²) in [6.45, 7) is 9.79. The van der Waals surface area contributed by atoms with Crippen molar-refractivity contribution in [2.45, 2.75) is 44.8 Å². The molecule has 17 heavy (non-hydrogen) atoms. The van der Waals surface area contributed by atoms with Gasteiger partial charge in [-0.3, -0.25) is 0 Å². The van der Waals surface area contributed by atoms with E-state index in [1.165, 1.54) is 5.57 Å². The lowest BCUT2D eigenvalue weighted by Gasteiger charge is -2.38. The van der Waals surface area contributed by atoms with Crippen molar-refractivity contribution in [3.8, 4) is 0 Å². The van der Waals surface area contributed by atoms with E-state index in [0.29, 0.717) is 6.61 Å². The van der Waals surface area contributed by atoms with Crippen LogP contribution in [0.4, 0.5) is 4.79 Å². The molecular formula is C13H21NO3. The van der Waals surface area contributed by atoms with Gasteiger partial charge in [0.15, 0.2) is 0 Å². The summed E-state index contributed by atoms with van der Waals surface area (Å²) in [5.41, 5.74) is 1.11. The number of nitrogens with zero attached hydrogens (tertiary/aromatic N) is 1. The Kier molecular flexibility index (Phi) is 3.43. The maximum absolute atomic E-state index is 11.6. The molecule has 0 bridgehead atoms. The summed E-state index contributed by atoms with van der Waals surface area (Å²) in [6, 6.07) is 0. The molecule has 1 atom stereocenters. The van der Waals surface area contributed by atoms with E-state index in [1.807, 2.05) is 6.92 Å². The highest BCUT2D eigenvalue weighted by atomic mass is 16.6. The van der Waals surface area contributed by atoms with Crippen LogP contribution < -0.4 is 0 Å². The topological polar surface area (TPSA) is 38.8 Å². The molecule has 2 fully saturated rings. The van der Waals surface area contributed by atoms with Crippen molar-refractivity contribution in [2.75, 3.05) is 19.7 Å². The van der Waals surface area contributed by atoms with Crippen molar-refractivity contribution in [2.24, 2.45) is 0 Å². The lowest BCUT2D eigenvalue weighted by molar-refractivity contribution is -0.0675. The van der Waals surface area contributed by atoms with Gasteiger partial charge in [-0.25, -0.2) is 4.79 Å². The molecule has 0 aromatic heterocycles. The van der Waals surface area contributed by atoms with Gasteiger partial charge >= 0.3 is 6.09 Å². The Balaban J connectivity index is 1.90. The molecule has 2 aliphatic rings. The number of carbonyl (C=O) groups excluding carboxylic acids is 1. The third-order valence-corrected chi connectivity index (χ3v) is 3.75. The van der Waals surface area contributed by atoms with E-state index in [1.54, 1.807) is 4.90 Å². The molecule has 2 heterocycles. The maximum Gasteiger partial charge on any atom is 0.409 e. The first-order valence-electron chi connectivity index (χ1n) is 6.33. The quantitative estimate of drug-likeness (QED) is 0.659. The van der Waals surface area contributed by atoms with E-state index in [2.05, 4.69) is 13.5 Å². The van der Waals surface area contributed by atoms with Crippen LogP contribution in [0.2, 0.25) is 0 Å². The van der Waals surface area contributed by atoms with E-state index >= 15 is 0 Å². The third-order valence-electron chi connectivity index (χ3n) is 3.75. The van der Waals surface area contributed by atoms with Gasteiger partial charge in [-0.15, -0.1) is 0 Å². The maximum atomic E-state index is 11.6. The lowest BCUT2D eigenvalue weighted by Crippen LogP contribution is -2.46. The summed E-state index contributed by atoms with van der Waals surface area (Å²) in [5.74, 6) is 0. The first kappa shape index (κ1) is 12.4. The number of hydrogen-bond acceptors (Lipinski definition) is 3. The monoisotopic (exact) mass is 239 g/mol. The van der Waals surface area contributed by atoms with Gasteiger partial charge in [0, 0.05) is 13.1 Å². The predicted octanol–water partition coefficient (Wildman–Crippen LogP) is 2.34. The van der Waals surface area contributed by atoms with Gasteiger partial charge in [0.1, 0.15) is 0 Å².